The molecule has 2 aliphatic rings. The lowest BCUT2D eigenvalue weighted by Crippen LogP contribution is -2.42. The van der Waals surface area contributed by atoms with Crippen LogP contribution in [-0.4, -0.2) is 58.8 Å². The van der Waals surface area contributed by atoms with Crippen molar-refractivity contribution >= 4 is 11.7 Å². The zero-order valence-corrected chi connectivity index (χ0v) is 27.0. The molecule has 1 aromatic carbocycles. The van der Waals surface area contributed by atoms with Crippen molar-refractivity contribution in [3.8, 4) is 16.9 Å². The SMILES string of the molecule is COc1ccc([C@H]2CC[C@H](CN(c3cc(-c4cnn(C(C)C)c4)ccn3)C(=O)[C@H]3CC[C@H](OCCCO)CC3)CC2)cc1C. The number of carbonyl (C=O) groups excluding carboxylic acids is 1. The van der Waals surface area contributed by atoms with E-state index in [0.717, 1.165) is 74.1 Å². The van der Waals surface area contributed by atoms with Gasteiger partial charge in [-0.3, -0.25) is 14.4 Å². The third kappa shape index (κ3) is 7.88. The van der Waals surface area contributed by atoms with Crippen LogP contribution in [0.5, 0.6) is 5.75 Å². The number of aryl methyl sites for hydroxylation is 1. The van der Waals surface area contributed by atoms with E-state index < -0.39 is 0 Å². The summed E-state index contributed by atoms with van der Waals surface area (Å²) in [5.74, 6) is 2.81. The number of aliphatic hydroxyl groups excluding tert-OH is 1. The van der Waals surface area contributed by atoms with E-state index in [-0.39, 0.29) is 30.6 Å². The van der Waals surface area contributed by atoms with Crippen LogP contribution < -0.4 is 9.64 Å². The summed E-state index contributed by atoms with van der Waals surface area (Å²) in [5, 5.41) is 13.6. The largest absolute Gasteiger partial charge is 0.496 e. The van der Waals surface area contributed by atoms with Crippen molar-refractivity contribution in [2.75, 3.05) is 31.8 Å². The number of hydrogen-bond donors (Lipinski definition) is 1. The lowest BCUT2D eigenvalue weighted by Gasteiger charge is -2.36. The number of carbonyl (C=O) groups is 1. The predicted molar refractivity (Wildman–Crippen MR) is 174 cm³/mol. The first-order valence-electron chi connectivity index (χ1n) is 16.5. The molecule has 0 aliphatic heterocycles. The molecule has 1 N–H and O–H groups in total. The maximum absolute atomic E-state index is 14.2. The molecule has 3 aromatic rings. The van der Waals surface area contributed by atoms with E-state index in [2.05, 4.69) is 56.3 Å². The molecule has 2 fully saturated rings. The van der Waals surface area contributed by atoms with E-state index >= 15 is 0 Å². The predicted octanol–water partition coefficient (Wildman–Crippen LogP) is 7.11. The molecule has 8 nitrogen and oxygen atoms in total. The molecule has 2 saturated carbocycles. The first kappa shape index (κ1) is 32.2. The molecule has 2 heterocycles. The monoisotopic (exact) mass is 602 g/mol. The number of amides is 1. The molecule has 2 aromatic heterocycles. The van der Waals surface area contributed by atoms with Crippen LogP contribution in [0, 0.1) is 18.8 Å². The first-order valence-corrected chi connectivity index (χ1v) is 16.5. The lowest BCUT2D eigenvalue weighted by atomic mass is 9.78. The van der Waals surface area contributed by atoms with Crippen molar-refractivity contribution in [3.05, 3.63) is 60.0 Å². The number of anilines is 1. The van der Waals surface area contributed by atoms with Crippen LogP contribution in [0.15, 0.2) is 48.9 Å². The summed E-state index contributed by atoms with van der Waals surface area (Å²) in [6.45, 7) is 7.77. The quantitative estimate of drug-likeness (QED) is 0.222. The Morgan fingerprint density at radius 1 is 1.05 bits per heavy atom. The average molecular weight is 603 g/mol. The van der Waals surface area contributed by atoms with E-state index in [0.29, 0.717) is 31.4 Å². The number of pyridine rings is 1. The van der Waals surface area contributed by atoms with Gasteiger partial charge in [0.15, 0.2) is 0 Å². The molecule has 0 radical (unpaired) electrons. The molecule has 0 unspecified atom stereocenters. The molecule has 0 spiro atoms. The summed E-state index contributed by atoms with van der Waals surface area (Å²) in [5.41, 5.74) is 4.64. The highest BCUT2D eigenvalue weighted by Crippen LogP contribution is 2.39. The van der Waals surface area contributed by atoms with Gasteiger partial charge in [-0.2, -0.15) is 5.10 Å². The molecule has 238 valence electrons. The second kappa shape index (κ2) is 15.2. The summed E-state index contributed by atoms with van der Waals surface area (Å²) in [4.78, 5) is 21.0. The van der Waals surface area contributed by atoms with Crippen molar-refractivity contribution in [1.82, 2.24) is 14.8 Å². The Morgan fingerprint density at radius 2 is 1.82 bits per heavy atom. The highest BCUT2D eigenvalue weighted by molar-refractivity contribution is 5.94. The van der Waals surface area contributed by atoms with Gasteiger partial charge < -0.3 is 14.6 Å². The number of rotatable bonds is 12. The summed E-state index contributed by atoms with van der Waals surface area (Å²) in [7, 11) is 1.72. The molecule has 5 rings (SSSR count). The number of aromatic nitrogens is 3. The fourth-order valence-corrected chi connectivity index (χ4v) is 6.91. The fourth-order valence-electron chi connectivity index (χ4n) is 6.91. The highest BCUT2D eigenvalue weighted by atomic mass is 16.5. The minimum Gasteiger partial charge on any atom is -0.496 e. The van der Waals surface area contributed by atoms with Crippen LogP contribution in [0.4, 0.5) is 5.82 Å². The van der Waals surface area contributed by atoms with Crippen LogP contribution in [0.25, 0.3) is 11.1 Å². The Bertz CT molecular complexity index is 1360. The molecule has 44 heavy (non-hydrogen) atoms. The zero-order chi connectivity index (χ0) is 31.1. The molecule has 8 heteroatoms. The molecular formula is C36H50N4O4. The number of aliphatic hydroxyl groups is 1. The van der Waals surface area contributed by atoms with Crippen molar-refractivity contribution in [1.29, 1.82) is 0 Å². The normalized spacial score (nSPS) is 22.2. The minimum atomic E-state index is -0.0274. The third-order valence-electron chi connectivity index (χ3n) is 9.61. The van der Waals surface area contributed by atoms with Gasteiger partial charge in [-0.05, 0) is 125 Å². The summed E-state index contributed by atoms with van der Waals surface area (Å²) < 4.78 is 13.4. The molecule has 0 saturated heterocycles. The summed E-state index contributed by atoms with van der Waals surface area (Å²) in [6, 6.07) is 10.9. The van der Waals surface area contributed by atoms with Gasteiger partial charge in [-0.25, -0.2) is 4.98 Å². The molecule has 2 aliphatic carbocycles. The summed E-state index contributed by atoms with van der Waals surface area (Å²) in [6.07, 6.45) is 14.4. The summed E-state index contributed by atoms with van der Waals surface area (Å²) >= 11 is 0. The van der Waals surface area contributed by atoms with E-state index in [1.165, 1.54) is 11.1 Å². The molecule has 0 atom stereocenters. The standard InChI is InChI=1S/C36H50N4O4/c1-25(2)40-24-32(22-38-40)31-16-17-37-35(21-31)39(36(42)29-10-13-33(14-11-29)44-19-5-18-41)23-27-6-8-28(9-7-27)30-12-15-34(43-4)26(3)20-30/h12,15-17,20-22,24-25,27-29,33,41H,5-11,13-14,18-19,23H2,1-4H3/t27-,28-,29-,33-. The van der Waals surface area contributed by atoms with Crippen LogP contribution in [0.3, 0.4) is 0 Å². The molecular weight excluding hydrogens is 552 g/mol. The smallest absolute Gasteiger partial charge is 0.231 e. The number of nitrogens with zero attached hydrogens (tertiary/aromatic N) is 4. The zero-order valence-electron chi connectivity index (χ0n) is 27.0. The Morgan fingerprint density at radius 3 is 2.48 bits per heavy atom. The Balaban J connectivity index is 1.30. The van der Waals surface area contributed by atoms with Crippen LogP contribution in [0.1, 0.15) is 94.7 Å². The van der Waals surface area contributed by atoms with E-state index in [1.807, 2.05) is 28.0 Å². The van der Waals surface area contributed by atoms with Crippen LogP contribution >= 0.6 is 0 Å². The number of ether oxygens (including phenoxy) is 2. The van der Waals surface area contributed by atoms with Gasteiger partial charge >= 0.3 is 0 Å². The van der Waals surface area contributed by atoms with Crippen molar-refractivity contribution < 1.29 is 19.4 Å². The van der Waals surface area contributed by atoms with E-state index in [1.54, 1.807) is 7.11 Å². The van der Waals surface area contributed by atoms with Crippen molar-refractivity contribution in [2.45, 2.75) is 96.6 Å². The second-order valence-corrected chi connectivity index (χ2v) is 13.0. The van der Waals surface area contributed by atoms with Gasteiger partial charge in [0.1, 0.15) is 11.6 Å². The highest BCUT2D eigenvalue weighted by Gasteiger charge is 2.33. The van der Waals surface area contributed by atoms with Crippen molar-refractivity contribution in [3.63, 3.8) is 0 Å². The number of benzene rings is 1. The van der Waals surface area contributed by atoms with Gasteiger partial charge in [-0.15, -0.1) is 0 Å². The Labute approximate surface area is 262 Å². The molecule has 1 amide bonds. The first-order chi connectivity index (χ1) is 21.4. The third-order valence-corrected chi connectivity index (χ3v) is 9.61. The number of hydrogen-bond acceptors (Lipinski definition) is 6. The Kier molecular flexibility index (Phi) is 11.1. The van der Waals surface area contributed by atoms with Crippen molar-refractivity contribution in [2.24, 2.45) is 11.8 Å². The van der Waals surface area contributed by atoms with Gasteiger partial charge in [0.25, 0.3) is 0 Å². The number of methoxy groups -OCH3 is 1. The van der Waals surface area contributed by atoms with E-state index in [4.69, 9.17) is 19.6 Å². The van der Waals surface area contributed by atoms with Gasteiger partial charge in [0.2, 0.25) is 5.91 Å². The maximum atomic E-state index is 14.2. The average Bonchev–Trinajstić information content (AvgIpc) is 3.55. The minimum absolute atomic E-state index is 0.0274. The van der Waals surface area contributed by atoms with Crippen LogP contribution in [-0.2, 0) is 9.53 Å². The fraction of sp³-hybridized carbons (Fsp3) is 0.583. The Hall–Kier alpha value is -3.23. The lowest BCUT2D eigenvalue weighted by molar-refractivity contribution is -0.124. The molecule has 0 bridgehead atoms. The van der Waals surface area contributed by atoms with Gasteiger partial charge in [0, 0.05) is 49.7 Å². The van der Waals surface area contributed by atoms with Gasteiger partial charge in [0.05, 0.1) is 19.4 Å². The maximum Gasteiger partial charge on any atom is 0.231 e. The van der Waals surface area contributed by atoms with E-state index in [9.17, 15) is 4.79 Å². The topological polar surface area (TPSA) is 89.7 Å². The second-order valence-electron chi connectivity index (χ2n) is 13.0. The van der Waals surface area contributed by atoms with Gasteiger partial charge in [-0.1, -0.05) is 12.1 Å². The van der Waals surface area contributed by atoms with Crippen LogP contribution in [0.2, 0.25) is 0 Å².